The van der Waals surface area contributed by atoms with Crippen LogP contribution < -0.4 is 10.5 Å². The summed E-state index contributed by atoms with van der Waals surface area (Å²) in [5.74, 6) is 0.275. The Balaban J connectivity index is 2.09. The van der Waals surface area contributed by atoms with Gasteiger partial charge in [0, 0.05) is 11.6 Å². The lowest BCUT2D eigenvalue weighted by atomic mass is 10.1. The molecule has 1 atom stereocenters. The number of ether oxygens (including phenoxy) is 1. The molecule has 0 aliphatic rings. The molecule has 0 aliphatic heterocycles. The smallest absolute Gasteiger partial charge is 0.123 e. The molecule has 0 radical (unpaired) electrons. The maximum Gasteiger partial charge on any atom is 0.123 e. The normalized spacial score (nSPS) is 11.7. The monoisotopic (exact) mass is 270 g/mol. The fourth-order valence-corrected chi connectivity index (χ4v) is 1.82. The number of hydrogen-bond donors (Lipinski definition) is 1. The van der Waals surface area contributed by atoms with Crippen LogP contribution in [0.2, 0.25) is 0 Å². The van der Waals surface area contributed by atoms with Gasteiger partial charge in [-0.15, -0.1) is 0 Å². The maximum absolute atomic E-state index is 13.2. The molecule has 0 fully saturated rings. The summed E-state index contributed by atoms with van der Waals surface area (Å²) in [5.41, 5.74) is 7.73. The first-order chi connectivity index (χ1) is 9.60. The Kier molecular flexibility index (Phi) is 4.34. The minimum atomic E-state index is -0.380. The van der Waals surface area contributed by atoms with Crippen molar-refractivity contribution in [2.45, 2.75) is 19.6 Å². The van der Waals surface area contributed by atoms with Crippen LogP contribution in [0.3, 0.4) is 0 Å². The molecule has 0 aromatic heterocycles. The van der Waals surface area contributed by atoms with Crippen molar-refractivity contribution >= 4 is 0 Å². The van der Waals surface area contributed by atoms with E-state index in [4.69, 9.17) is 15.7 Å². The van der Waals surface area contributed by atoms with Gasteiger partial charge in [-0.3, -0.25) is 0 Å². The highest BCUT2D eigenvalue weighted by Crippen LogP contribution is 2.18. The molecule has 2 rings (SSSR count). The zero-order chi connectivity index (χ0) is 14.5. The second-order valence-corrected chi connectivity index (χ2v) is 4.56. The summed E-state index contributed by atoms with van der Waals surface area (Å²) >= 11 is 0. The molecule has 4 heteroatoms. The number of nitriles is 1. The van der Waals surface area contributed by atoms with Crippen LogP contribution in [0, 0.1) is 17.1 Å². The van der Waals surface area contributed by atoms with Crippen molar-refractivity contribution in [3.8, 4) is 11.8 Å². The summed E-state index contributed by atoms with van der Waals surface area (Å²) in [4.78, 5) is 0. The molecule has 0 amide bonds. The van der Waals surface area contributed by atoms with E-state index in [0.717, 1.165) is 5.56 Å². The molecule has 3 nitrogen and oxygen atoms in total. The summed E-state index contributed by atoms with van der Waals surface area (Å²) < 4.78 is 18.7. The van der Waals surface area contributed by atoms with E-state index < -0.39 is 0 Å². The molecular formula is C16H15FN2O. The van der Waals surface area contributed by atoms with Gasteiger partial charge in [-0.05, 0) is 42.8 Å². The SMILES string of the molecule is CC(N)c1ccc(OCc2cc(F)ccc2C#N)cc1. The quantitative estimate of drug-likeness (QED) is 0.927. The second-order valence-electron chi connectivity index (χ2n) is 4.56. The summed E-state index contributed by atoms with van der Waals surface area (Å²) in [6, 6.07) is 13.4. The molecule has 102 valence electrons. The zero-order valence-electron chi connectivity index (χ0n) is 11.1. The molecule has 20 heavy (non-hydrogen) atoms. The van der Waals surface area contributed by atoms with Crippen molar-refractivity contribution in [3.63, 3.8) is 0 Å². The molecule has 0 saturated heterocycles. The van der Waals surface area contributed by atoms with Crippen molar-refractivity contribution in [1.29, 1.82) is 5.26 Å². The Morgan fingerprint density at radius 3 is 2.55 bits per heavy atom. The predicted octanol–water partition coefficient (Wildman–Crippen LogP) is 3.30. The lowest BCUT2D eigenvalue weighted by Gasteiger charge is -2.10. The Hall–Kier alpha value is -2.38. The van der Waals surface area contributed by atoms with E-state index >= 15 is 0 Å². The Bertz CT molecular complexity index is 630. The molecule has 0 heterocycles. The number of benzene rings is 2. The largest absolute Gasteiger partial charge is 0.489 e. The van der Waals surface area contributed by atoms with E-state index in [-0.39, 0.29) is 18.5 Å². The van der Waals surface area contributed by atoms with Gasteiger partial charge in [-0.25, -0.2) is 4.39 Å². The average Bonchev–Trinajstić information content (AvgIpc) is 2.45. The van der Waals surface area contributed by atoms with E-state index in [1.165, 1.54) is 18.2 Å². The molecular weight excluding hydrogens is 255 g/mol. The Labute approximate surface area is 117 Å². The average molecular weight is 270 g/mol. The van der Waals surface area contributed by atoms with Crippen molar-refractivity contribution in [3.05, 3.63) is 65.0 Å². The van der Waals surface area contributed by atoms with Gasteiger partial charge in [-0.1, -0.05) is 12.1 Å². The molecule has 0 saturated carbocycles. The van der Waals surface area contributed by atoms with Crippen LogP contribution in [0.4, 0.5) is 4.39 Å². The van der Waals surface area contributed by atoms with Crippen LogP contribution in [0.1, 0.15) is 29.7 Å². The highest BCUT2D eigenvalue weighted by Gasteiger charge is 2.05. The van der Waals surface area contributed by atoms with Gasteiger partial charge in [0.1, 0.15) is 18.2 Å². The third-order valence-corrected chi connectivity index (χ3v) is 2.99. The van der Waals surface area contributed by atoms with E-state index in [9.17, 15) is 4.39 Å². The fourth-order valence-electron chi connectivity index (χ4n) is 1.82. The minimum absolute atomic E-state index is 0.0301. The summed E-state index contributed by atoms with van der Waals surface area (Å²) in [6.07, 6.45) is 0. The highest BCUT2D eigenvalue weighted by molar-refractivity contribution is 5.38. The van der Waals surface area contributed by atoms with E-state index in [0.29, 0.717) is 16.9 Å². The molecule has 0 bridgehead atoms. The maximum atomic E-state index is 13.2. The van der Waals surface area contributed by atoms with Crippen LogP contribution in [0.15, 0.2) is 42.5 Å². The summed E-state index contributed by atoms with van der Waals surface area (Å²) in [7, 11) is 0. The number of rotatable bonds is 4. The van der Waals surface area contributed by atoms with Crippen molar-refractivity contribution in [1.82, 2.24) is 0 Å². The summed E-state index contributed by atoms with van der Waals surface area (Å²) in [5, 5.41) is 8.96. The van der Waals surface area contributed by atoms with Crippen LogP contribution in [0.5, 0.6) is 5.75 Å². The topological polar surface area (TPSA) is 59.0 Å². The van der Waals surface area contributed by atoms with E-state index in [2.05, 4.69) is 0 Å². The predicted molar refractivity (Wildman–Crippen MR) is 74.5 cm³/mol. The lowest BCUT2D eigenvalue weighted by Crippen LogP contribution is -2.04. The van der Waals surface area contributed by atoms with Crippen LogP contribution in [-0.2, 0) is 6.61 Å². The lowest BCUT2D eigenvalue weighted by molar-refractivity contribution is 0.305. The number of nitrogens with two attached hydrogens (primary N) is 1. The molecule has 0 aliphatic carbocycles. The van der Waals surface area contributed by atoms with Gasteiger partial charge in [0.15, 0.2) is 0 Å². The van der Waals surface area contributed by atoms with Gasteiger partial charge in [0.25, 0.3) is 0 Å². The number of hydrogen-bond acceptors (Lipinski definition) is 3. The number of halogens is 1. The van der Waals surface area contributed by atoms with Crippen LogP contribution in [0.25, 0.3) is 0 Å². The first kappa shape index (κ1) is 14.0. The Morgan fingerprint density at radius 1 is 1.25 bits per heavy atom. The summed E-state index contributed by atoms with van der Waals surface area (Å²) in [6.45, 7) is 2.06. The third kappa shape index (κ3) is 3.34. The first-order valence-electron chi connectivity index (χ1n) is 6.27. The van der Waals surface area contributed by atoms with Crippen LogP contribution >= 0.6 is 0 Å². The van der Waals surface area contributed by atoms with Gasteiger partial charge < -0.3 is 10.5 Å². The molecule has 2 N–H and O–H groups in total. The van der Waals surface area contributed by atoms with Crippen molar-refractivity contribution < 1.29 is 9.13 Å². The molecule has 0 spiro atoms. The highest BCUT2D eigenvalue weighted by atomic mass is 19.1. The van der Waals surface area contributed by atoms with Gasteiger partial charge >= 0.3 is 0 Å². The van der Waals surface area contributed by atoms with Gasteiger partial charge in [0.2, 0.25) is 0 Å². The Morgan fingerprint density at radius 2 is 1.95 bits per heavy atom. The first-order valence-corrected chi connectivity index (χ1v) is 6.27. The van der Waals surface area contributed by atoms with E-state index in [1.807, 2.05) is 37.3 Å². The second kappa shape index (κ2) is 6.18. The zero-order valence-corrected chi connectivity index (χ0v) is 11.1. The van der Waals surface area contributed by atoms with Crippen LogP contribution in [-0.4, -0.2) is 0 Å². The minimum Gasteiger partial charge on any atom is -0.489 e. The van der Waals surface area contributed by atoms with Crippen molar-refractivity contribution in [2.24, 2.45) is 5.73 Å². The van der Waals surface area contributed by atoms with E-state index in [1.54, 1.807) is 0 Å². The standard InChI is InChI=1S/C16H15FN2O/c1-11(19)12-3-6-16(7-4-12)20-10-14-8-15(17)5-2-13(14)9-18/h2-8,11H,10,19H2,1H3. The molecule has 2 aromatic carbocycles. The number of nitrogens with zero attached hydrogens (tertiary/aromatic N) is 1. The van der Waals surface area contributed by atoms with Gasteiger partial charge in [0.05, 0.1) is 11.6 Å². The fraction of sp³-hybridized carbons (Fsp3) is 0.188. The van der Waals surface area contributed by atoms with Gasteiger partial charge in [-0.2, -0.15) is 5.26 Å². The van der Waals surface area contributed by atoms with Crippen molar-refractivity contribution in [2.75, 3.05) is 0 Å². The molecule has 2 aromatic rings. The molecule has 1 unspecified atom stereocenters. The third-order valence-electron chi connectivity index (χ3n) is 2.99.